The molecule has 0 aromatic heterocycles. The normalized spacial score (nSPS) is 38.7. The van der Waals surface area contributed by atoms with Gasteiger partial charge in [-0.2, -0.15) is 11.8 Å². The number of carbonyl (C=O) groups is 1. The van der Waals surface area contributed by atoms with Crippen molar-refractivity contribution in [3.8, 4) is 11.5 Å². The van der Waals surface area contributed by atoms with Gasteiger partial charge in [-0.05, 0) is 42.6 Å². The fourth-order valence-electron chi connectivity index (χ4n) is 5.21. The molecule has 4 unspecified atom stereocenters. The molecule has 4 aliphatic rings. The first-order valence-corrected chi connectivity index (χ1v) is 8.82. The molecule has 0 radical (unpaired) electrons. The molecular weight excluding hydrogens is 284 g/mol. The zero-order chi connectivity index (χ0) is 14.2. The largest absolute Gasteiger partial charge is 0.493 e. The van der Waals surface area contributed by atoms with E-state index in [9.17, 15) is 4.79 Å². The van der Waals surface area contributed by atoms with E-state index in [0.717, 1.165) is 36.5 Å². The molecule has 1 aromatic carbocycles. The van der Waals surface area contributed by atoms with Gasteiger partial charge in [-0.3, -0.25) is 4.79 Å². The van der Waals surface area contributed by atoms with Crippen LogP contribution in [0.2, 0.25) is 0 Å². The molecule has 0 N–H and O–H groups in total. The zero-order valence-electron chi connectivity index (χ0n) is 12.1. The Labute approximate surface area is 128 Å². The van der Waals surface area contributed by atoms with E-state index in [2.05, 4.69) is 17.8 Å². The highest BCUT2D eigenvalue weighted by Crippen LogP contribution is 2.64. The molecule has 2 aliphatic carbocycles. The summed E-state index contributed by atoms with van der Waals surface area (Å²) in [4.78, 5) is 12.5. The maximum Gasteiger partial charge on any atom is 0.174 e. The maximum absolute atomic E-state index is 12.5. The van der Waals surface area contributed by atoms with Gasteiger partial charge in [0.2, 0.25) is 0 Å². The standard InChI is InChI=1S/C17H18O3S/c1-19-12-5-2-9-8-13-10-3-4-11(18)16-17(10,6-7-21-13)14(9)15(12)20-16/h2,5,10,13,16H,3-4,6-8H2,1H3. The fraction of sp³-hybridized carbons (Fsp3) is 0.588. The summed E-state index contributed by atoms with van der Waals surface area (Å²) >= 11 is 2.10. The van der Waals surface area contributed by atoms with Crippen molar-refractivity contribution in [2.75, 3.05) is 12.9 Å². The first-order valence-electron chi connectivity index (χ1n) is 7.77. The molecule has 2 aliphatic heterocycles. The predicted molar refractivity (Wildman–Crippen MR) is 81.4 cm³/mol. The number of Topliss-reactive ketones (excluding diaryl/α,β-unsaturated/α-hetero) is 1. The number of methoxy groups -OCH3 is 1. The van der Waals surface area contributed by atoms with Crippen LogP contribution in [0.25, 0.3) is 0 Å². The summed E-state index contributed by atoms with van der Waals surface area (Å²) in [6.07, 6.45) is 3.65. The van der Waals surface area contributed by atoms with E-state index in [-0.39, 0.29) is 11.5 Å². The monoisotopic (exact) mass is 302 g/mol. The number of rotatable bonds is 1. The van der Waals surface area contributed by atoms with Crippen LogP contribution in [0.3, 0.4) is 0 Å². The van der Waals surface area contributed by atoms with E-state index >= 15 is 0 Å². The van der Waals surface area contributed by atoms with Crippen LogP contribution in [-0.2, 0) is 16.6 Å². The highest BCUT2D eigenvalue weighted by molar-refractivity contribution is 8.00. The van der Waals surface area contributed by atoms with Crippen molar-refractivity contribution in [1.29, 1.82) is 0 Å². The van der Waals surface area contributed by atoms with Crippen LogP contribution in [0, 0.1) is 5.92 Å². The third-order valence-corrected chi connectivity index (χ3v) is 7.33. The average molecular weight is 302 g/mol. The number of thioether (sulfide) groups is 1. The lowest BCUT2D eigenvalue weighted by atomic mass is 9.55. The first kappa shape index (κ1) is 12.4. The van der Waals surface area contributed by atoms with Crippen LogP contribution in [0.4, 0.5) is 0 Å². The number of ketones is 1. The molecule has 5 rings (SSSR count). The molecule has 0 amide bonds. The minimum absolute atomic E-state index is 0.0529. The molecule has 2 fully saturated rings. The van der Waals surface area contributed by atoms with Gasteiger partial charge in [0, 0.05) is 22.6 Å². The van der Waals surface area contributed by atoms with Gasteiger partial charge < -0.3 is 9.47 Å². The van der Waals surface area contributed by atoms with E-state index < -0.39 is 0 Å². The molecule has 4 heteroatoms. The summed E-state index contributed by atoms with van der Waals surface area (Å²) in [5.74, 6) is 3.69. The average Bonchev–Trinajstić information content (AvgIpc) is 2.83. The Hall–Kier alpha value is -1.16. The molecule has 3 nitrogen and oxygen atoms in total. The molecule has 4 atom stereocenters. The van der Waals surface area contributed by atoms with Crippen LogP contribution < -0.4 is 9.47 Å². The van der Waals surface area contributed by atoms with Gasteiger partial charge >= 0.3 is 0 Å². The summed E-state index contributed by atoms with van der Waals surface area (Å²) in [5, 5.41) is 0.657. The molecule has 110 valence electrons. The van der Waals surface area contributed by atoms with Crippen LogP contribution in [0.5, 0.6) is 11.5 Å². The zero-order valence-corrected chi connectivity index (χ0v) is 12.9. The van der Waals surface area contributed by atoms with E-state index in [4.69, 9.17) is 9.47 Å². The SMILES string of the molecule is COc1ccc2c3c1OC1C(=O)CCC4C(C2)SCCC314. The lowest BCUT2D eigenvalue weighted by Gasteiger charge is -2.53. The fourth-order valence-corrected chi connectivity index (χ4v) is 6.88. The van der Waals surface area contributed by atoms with Crippen molar-refractivity contribution in [2.45, 2.75) is 42.5 Å². The third-order valence-electron chi connectivity index (χ3n) is 5.97. The Morgan fingerprint density at radius 3 is 3.19 bits per heavy atom. The maximum atomic E-state index is 12.5. The molecule has 1 saturated heterocycles. The van der Waals surface area contributed by atoms with Crippen LogP contribution in [0.1, 0.15) is 30.4 Å². The molecule has 1 saturated carbocycles. The van der Waals surface area contributed by atoms with Crippen molar-refractivity contribution in [3.05, 3.63) is 23.3 Å². The van der Waals surface area contributed by atoms with Crippen molar-refractivity contribution in [1.82, 2.24) is 0 Å². The topological polar surface area (TPSA) is 35.5 Å². The lowest BCUT2D eigenvalue weighted by Crippen LogP contribution is -2.59. The smallest absolute Gasteiger partial charge is 0.174 e. The van der Waals surface area contributed by atoms with Crippen molar-refractivity contribution in [3.63, 3.8) is 0 Å². The first-order chi connectivity index (χ1) is 10.3. The Morgan fingerprint density at radius 2 is 2.33 bits per heavy atom. The second kappa shape index (κ2) is 3.97. The Bertz CT molecular complexity index is 656. The number of benzene rings is 1. The number of carbonyl (C=O) groups excluding carboxylic acids is 1. The quantitative estimate of drug-likeness (QED) is 0.799. The second-order valence-electron chi connectivity index (χ2n) is 6.64. The minimum Gasteiger partial charge on any atom is -0.493 e. The van der Waals surface area contributed by atoms with Gasteiger partial charge in [-0.25, -0.2) is 0 Å². The van der Waals surface area contributed by atoms with Crippen molar-refractivity contribution >= 4 is 17.5 Å². The number of hydrogen-bond donors (Lipinski definition) is 0. The highest BCUT2D eigenvalue weighted by Gasteiger charge is 2.64. The molecule has 21 heavy (non-hydrogen) atoms. The van der Waals surface area contributed by atoms with Gasteiger partial charge in [0.1, 0.15) is 0 Å². The van der Waals surface area contributed by atoms with Crippen molar-refractivity contribution < 1.29 is 14.3 Å². The van der Waals surface area contributed by atoms with Gasteiger partial charge in [-0.15, -0.1) is 0 Å². The van der Waals surface area contributed by atoms with E-state index in [1.54, 1.807) is 7.11 Å². The molecule has 2 bridgehead atoms. The Kier molecular flexibility index (Phi) is 2.35. The molecule has 1 spiro atoms. The summed E-state index contributed by atoms with van der Waals surface area (Å²) in [6, 6.07) is 4.20. The highest BCUT2D eigenvalue weighted by atomic mass is 32.2. The Morgan fingerprint density at radius 1 is 1.43 bits per heavy atom. The molecular formula is C17H18O3S. The van der Waals surface area contributed by atoms with Crippen LogP contribution in [0.15, 0.2) is 12.1 Å². The number of hydrogen-bond acceptors (Lipinski definition) is 4. The summed E-state index contributed by atoms with van der Waals surface area (Å²) in [7, 11) is 1.68. The van der Waals surface area contributed by atoms with Crippen LogP contribution in [-0.4, -0.2) is 30.0 Å². The van der Waals surface area contributed by atoms with Crippen LogP contribution >= 0.6 is 11.8 Å². The van der Waals surface area contributed by atoms with Gasteiger partial charge in [0.05, 0.1) is 7.11 Å². The molecule has 2 heterocycles. The second-order valence-corrected chi connectivity index (χ2v) is 7.99. The minimum atomic E-state index is -0.259. The van der Waals surface area contributed by atoms with E-state index in [0.29, 0.717) is 23.4 Å². The summed E-state index contributed by atoms with van der Waals surface area (Å²) < 4.78 is 11.7. The third kappa shape index (κ3) is 1.31. The van der Waals surface area contributed by atoms with Gasteiger partial charge in [0.15, 0.2) is 23.4 Å². The molecule has 1 aromatic rings. The van der Waals surface area contributed by atoms with E-state index in [1.165, 1.54) is 11.1 Å². The summed E-state index contributed by atoms with van der Waals surface area (Å²) in [5.41, 5.74) is 2.65. The van der Waals surface area contributed by atoms with Gasteiger partial charge in [-0.1, -0.05) is 6.07 Å². The summed E-state index contributed by atoms with van der Waals surface area (Å²) in [6.45, 7) is 0. The lowest BCUT2D eigenvalue weighted by molar-refractivity contribution is -0.133. The van der Waals surface area contributed by atoms with Gasteiger partial charge in [0.25, 0.3) is 0 Å². The number of ether oxygens (including phenoxy) is 2. The Balaban J connectivity index is 1.83. The van der Waals surface area contributed by atoms with E-state index in [1.807, 2.05) is 6.07 Å². The predicted octanol–water partition coefficient (Wildman–Crippen LogP) is 2.73. The van der Waals surface area contributed by atoms with Crippen molar-refractivity contribution in [2.24, 2.45) is 5.92 Å².